The molecule has 1 aliphatic rings. The van der Waals surface area contributed by atoms with Crippen molar-refractivity contribution >= 4 is 34.0 Å². The SMILES string of the molecule is CCOC(=O)c1c(NC(=O)c2ccc(C(=O)c3ccccc3)cc2)sc(Cc2ccc3c(c2)OCO3)c1C. The number of esters is 1. The standard InChI is InChI=1S/C30H25NO6S/c1-3-35-30(34)26-18(2)25(16-19-9-14-23-24(15-19)37-17-36-23)38-29(26)31-28(33)22-12-10-21(11-13-22)27(32)20-7-5-4-6-8-20/h4-15H,3,16-17H2,1-2H3,(H,31,33). The Morgan fingerprint density at radius 1 is 0.895 bits per heavy atom. The third kappa shape index (κ3) is 5.17. The highest BCUT2D eigenvalue weighted by Crippen LogP contribution is 2.38. The molecule has 38 heavy (non-hydrogen) atoms. The van der Waals surface area contributed by atoms with E-state index in [1.807, 2.05) is 31.2 Å². The van der Waals surface area contributed by atoms with Gasteiger partial charge >= 0.3 is 5.97 Å². The van der Waals surface area contributed by atoms with Crippen LogP contribution in [0.25, 0.3) is 0 Å². The lowest BCUT2D eigenvalue weighted by molar-refractivity contribution is 0.0527. The smallest absolute Gasteiger partial charge is 0.341 e. The molecule has 8 heteroatoms. The number of rotatable bonds is 8. The number of thiophene rings is 1. The Labute approximate surface area is 224 Å². The lowest BCUT2D eigenvalue weighted by atomic mass is 10.0. The van der Waals surface area contributed by atoms with Crippen molar-refractivity contribution in [3.05, 3.63) is 111 Å². The van der Waals surface area contributed by atoms with Gasteiger partial charge in [-0.3, -0.25) is 9.59 Å². The normalized spacial score (nSPS) is 11.7. The number of hydrogen-bond acceptors (Lipinski definition) is 7. The molecule has 4 aromatic rings. The van der Waals surface area contributed by atoms with Crippen LogP contribution in [0.3, 0.4) is 0 Å². The molecule has 7 nitrogen and oxygen atoms in total. The van der Waals surface area contributed by atoms with Crippen LogP contribution >= 0.6 is 11.3 Å². The molecule has 1 N–H and O–H groups in total. The molecular weight excluding hydrogens is 502 g/mol. The van der Waals surface area contributed by atoms with E-state index in [0.29, 0.717) is 45.2 Å². The van der Waals surface area contributed by atoms with Crippen LogP contribution in [0.15, 0.2) is 72.8 Å². The van der Waals surface area contributed by atoms with Crippen molar-refractivity contribution in [2.24, 2.45) is 0 Å². The minimum Gasteiger partial charge on any atom is -0.462 e. The molecule has 0 aliphatic carbocycles. The third-order valence-corrected chi connectivity index (χ3v) is 7.41. The molecular formula is C30H25NO6S. The van der Waals surface area contributed by atoms with Crippen LogP contribution in [0.1, 0.15) is 59.6 Å². The van der Waals surface area contributed by atoms with Crippen molar-refractivity contribution in [3.63, 3.8) is 0 Å². The second kappa shape index (κ2) is 10.9. The minimum atomic E-state index is -0.489. The summed E-state index contributed by atoms with van der Waals surface area (Å²) in [4.78, 5) is 39.6. The maximum Gasteiger partial charge on any atom is 0.341 e. The summed E-state index contributed by atoms with van der Waals surface area (Å²) in [5, 5.41) is 3.31. The minimum absolute atomic E-state index is 0.121. The zero-order chi connectivity index (χ0) is 26.6. The fourth-order valence-electron chi connectivity index (χ4n) is 4.21. The summed E-state index contributed by atoms with van der Waals surface area (Å²) in [6, 6.07) is 21.1. The lowest BCUT2D eigenvalue weighted by Gasteiger charge is -2.08. The van der Waals surface area contributed by atoms with Gasteiger partial charge in [-0.05, 0) is 49.2 Å². The van der Waals surface area contributed by atoms with Crippen molar-refractivity contribution in [1.82, 2.24) is 0 Å². The quantitative estimate of drug-likeness (QED) is 0.222. The Hall–Kier alpha value is -4.43. The summed E-state index contributed by atoms with van der Waals surface area (Å²) < 4.78 is 16.2. The summed E-state index contributed by atoms with van der Waals surface area (Å²) in [6.07, 6.45) is 0.547. The summed E-state index contributed by atoms with van der Waals surface area (Å²) in [7, 11) is 0. The number of benzene rings is 3. The van der Waals surface area contributed by atoms with Crippen molar-refractivity contribution in [3.8, 4) is 11.5 Å². The molecule has 0 atom stereocenters. The van der Waals surface area contributed by atoms with Crippen molar-refractivity contribution in [2.75, 3.05) is 18.7 Å². The maximum absolute atomic E-state index is 13.1. The first-order valence-corrected chi connectivity index (χ1v) is 12.9. The molecule has 1 aliphatic heterocycles. The third-order valence-electron chi connectivity index (χ3n) is 6.20. The van der Waals surface area contributed by atoms with E-state index in [4.69, 9.17) is 14.2 Å². The number of carbonyl (C=O) groups excluding carboxylic acids is 3. The Balaban J connectivity index is 1.38. The first-order chi connectivity index (χ1) is 18.4. The van der Waals surface area contributed by atoms with Gasteiger partial charge in [0.2, 0.25) is 6.79 Å². The van der Waals surface area contributed by atoms with Crippen molar-refractivity contribution in [1.29, 1.82) is 0 Å². The Bertz CT molecular complexity index is 1510. The highest BCUT2D eigenvalue weighted by molar-refractivity contribution is 7.17. The molecule has 0 spiro atoms. The predicted octanol–water partition coefficient (Wildman–Crippen LogP) is 6.04. The fraction of sp³-hybridized carbons (Fsp3) is 0.167. The fourth-order valence-corrected chi connectivity index (χ4v) is 5.43. The van der Waals surface area contributed by atoms with E-state index in [1.165, 1.54) is 11.3 Å². The summed E-state index contributed by atoms with van der Waals surface area (Å²) in [5.74, 6) is 0.393. The van der Waals surface area contributed by atoms with Gasteiger partial charge in [-0.2, -0.15) is 0 Å². The molecule has 192 valence electrons. The number of anilines is 1. The summed E-state index contributed by atoms with van der Waals surface area (Å²) >= 11 is 1.34. The number of carbonyl (C=O) groups is 3. The van der Waals surface area contributed by atoms with Gasteiger partial charge < -0.3 is 19.5 Å². The molecule has 0 fully saturated rings. The largest absolute Gasteiger partial charge is 0.462 e. The molecule has 1 aromatic heterocycles. The zero-order valence-corrected chi connectivity index (χ0v) is 21.7. The predicted molar refractivity (Wildman–Crippen MR) is 145 cm³/mol. The summed E-state index contributed by atoms with van der Waals surface area (Å²) in [6.45, 7) is 4.01. The van der Waals surface area contributed by atoms with Crippen molar-refractivity contribution in [2.45, 2.75) is 20.3 Å². The molecule has 2 heterocycles. The van der Waals surface area contributed by atoms with Gasteiger partial charge in [0.05, 0.1) is 12.2 Å². The van der Waals surface area contributed by atoms with Gasteiger partial charge in [-0.1, -0.05) is 48.5 Å². The molecule has 0 bridgehead atoms. The van der Waals surface area contributed by atoms with E-state index >= 15 is 0 Å². The van der Waals surface area contributed by atoms with Crippen LogP contribution < -0.4 is 14.8 Å². The molecule has 0 radical (unpaired) electrons. The van der Waals surface area contributed by atoms with Crippen LogP contribution in [-0.4, -0.2) is 31.1 Å². The highest BCUT2D eigenvalue weighted by atomic mass is 32.1. The number of hydrogen-bond donors (Lipinski definition) is 1. The summed E-state index contributed by atoms with van der Waals surface area (Å²) in [5.41, 5.74) is 3.52. The van der Waals surface area contributed by atoms with E-state index < -0.39 is 5.97 Å². The van der Waals surface area contributed by atoms with E-state index in [2.05, 4.69) is 5.32 Å². The number of ketones is 1. The Morgan fingerprint density at radius 2 is 1.58 bits per heavy atom. The molecule has 5 rings (SSSR count). The molecule has 1 amide bonds. The van der Waals surface area contributed by atoms with Gasteiger partial charge in [0.1, 0.15) is 5.00 Å². The van der Waals surface area contributed by atoms with Crippen LogP contribution in [0.2, 0.25) is 0 Å². The Kier molecular flexibility index (Phi) is 7.24. The van der Waals surface area contributed by atoms with Gasteiger partial charge in [-0.15, -0.1) is 11.3 Å². The second-order valence-electron chi connectivity index (χ2n) is 8.67. The number of ether oxygens (including phenoxy) is 3. The van der Waals surface area contributed by atoms with Crippen LogP contribution in [0.4, 0.5) is 5.00 Å². The maximum atomic E-state index is 13.1. The zero-order valence-electron chi connectivity index (χ0n) is 20.9. The average molecular weight is 528 g/mol. The van der Waals surface area contributed by atoms with Gasteiger partial charge in [0.15, 0.2) is 17.3 Å². The lowest BCUT2D eigenvalue weighted by Crippen LogP contribution is -2.15. The Morgan fingerprint density at radius 3 is 2.32 bits per heavy atom. The van der Waals surface area contributed by atoms with Crippen LogP contribution in [0, 0.1) is 6.92 Å². The van der Waals surface area contributed by atoms with E-state index in [1.54, 1.807) is 55.5 Å². The van der Waals surface area contributed by atoms with Gasteiger partial charge in [-0.25, -0.2) is 4.79 Å². The average Bonchev–Trinajstić information content (AvgIpc) is 3.52. The molecule has 0 unspecified atom stereocenters. The first-order valence-electron chi connectivity index (χ1n) is 12.1. The number of fused-ring (bicyclic) bond motifs is 1. The van der Waals surface area contributed by atoms with Gasteiger partial charge in [0, 0.05) is 28.0 Å². The number of nitrogens with one attached hydrogen (secondary N) is 1. The van der Waals surface area contributed by atoms with E-state index in [0.717, 1.165) is 16.0 Å². The van der Waals surface area contributed by atoms with Crippen LogP contribution in [-0.2, 0) is 11.2 Å². The number of amides is 1. The second-order valence-corrected chi connectivity index (χ2v) is 9.77. The van der Waals surface area contributed by atoms with Gasteiger partial charge in [0.25, 0.3) is 5.91 Å². The molecule has 0 saturated carbocycles. The first kappa shape index (κ1) is 25.2. The van der Waals surface area contributed by atoms with E-state index in [-0.39, 0.29) is 25.1 Å². The molecule has 3 aromatic carbocycles. The monoisotopic (exact) mass is 527 g/mol. The van der Waals surface area contributed by atoms with Crippen molar-refractivity contribution < 1.29 is 28.6 Å². The van der Waals surface area contributed by atoms with Crippen LogP contribution in [0.5, 0.6) is 11.5 Å². The topological polar surface area (TPSA) is 90.9 Å². The molecule has 0 saturated heterocycles. The van der Waals surface area contributed by atoms with E-state index in [9.17, 15) is 14.4 Å². The highest BCUT2D eigenvalue weighted by Gasteiger charge is 2.25.